The molecule has 0 aliphatic carbocycles. The Bertz CT molecular complexity index is 4290. The van der Waals surface area contributed by atoms with Crippen molar-refractivity contribution >= 4 is 118 Å². The highest BCUT2D eigenvalue weighted by atomic mass is 32.1. The number of benzene rings is 10. The average Bonchev–Trinajstić information content (AvgIpc) is 4.25. The average molecular weight is 933 g/mol. The van der Waals surface area contributed by atoms with Crippen molar-refractivity contribution in [3.63, 3.8) is 0 Å². The summed E-state index contributed by atoms with van der Waals surface area (Å²) in [7, 11) is 0. The number of hydrogen-bond acceptors (Lipinski definition) is 5. The van der Waals surface area contributed by atoms with Gasteiger partial charge in [0.15, 0.2) is 5.82 Å². The first-order chi connectivity index (χ1) is 34.2. The molecule has 0 aliphatic rings. The van der Waals surface area contributed by atoms with E-state index in [0.29, 0.717) is 0 Å². The molecule has 0 amide bonds. The minimum absolute atomic E-state index is 0.720. The summed E-state index contributed by atoms with van der Waals surface area (Å²) < 4.78 is 15.1. The molecular formula is C62H36N4S3. The summed E-state index contributed by atoms with van der Waals surface area (Å²) in [5.74, 6) is 0.720. The van der Waals surface area contributed by atoms with Gasteiger partial charge in [0.1, 0.15) is 5.01 Å². The lowest BCUT2D eigenvalue weighted by atomic mass is 10.0. The van der Waals surface area contributed by atoms with Crippen LogP contribution in [0.4, 0.5) is 0 Å². The molecule has 5 heterocycles. The second-order valence-electron chi connectivity index (χ2n) is 17.8. The van der Waals surface area contributed by atoms with Gasteiger partial charge in [-0.25, -0.2) is 4.98 Å². The lowest BCUT2D eigenvalue weighted by molar-refractivity contribution is 1.17. The van der Waals surface area contributed by atoms with Gasteiger partial charge in [0.25, 0.3) is 0 Å². The van der Waals surface area contributed by atoms with Gasteiger partial charge >= 0.3 is 0 Å². The molecule has 0 saturated heterocycles. The van der Waals surface area contributed by atoms with Crippen molar-refractivity contribution < 1.29 is 0 Å². The third-order valence-corrected chi connectivity index (χ3v) is 16.9. The molecular weight excluding hydrogens is 897 g/mol. The lowest BCUT2D eigenvalue weighted by Crippen LogP contribution is -1.95. The molecule has 0 fully saturated rings. The second kappa shape index (κ2) is 15.2. The first-order valence-electron chi connectivity index (χ1n) is 23.1. The van der Waals surface area contributed by atoms with E-state index in [-0.39, 0.29) is 0 Å². The number of aromatic nitrogens is 4. The molecule has 15 rings (SSSR count). The highest BCUT2D eigenvalue weighted by Crippen LogP contribution is 2.42. The van der Waals surface area contributed by atoms with E-state index in [0.717, 1.165) is 33.3 Å². The van der Waals surface area contributed by atoms with E-state index in [9.17, 15) is 0 Å². The summed E-state index contributed by atoms with van der Waals surface area (Å²) in [4.78, 5) is 5.22. The topological polar surface area (TPSA) is 35.6 Å². The molecule has 0 aliphatic heterocycles. The van der Waals surface area contributed by atoms with Crippen LogP contribution in [0, 0.1) is 0 Å². The van der Waals surface area contributed by atoms with Crippen molar-refractivity contribution in [3.05, 3.63) is 218 Å². The molecule has 7 heteroatoms. The lowest BCUT2D eigenvalue weighted by Gasteiger charge is -2.11. The molecule has 322 valence electrons. The smallest absolute Gasteiger partial charge is 0.173 e. The summed E-state index contributed by atoms with van der Waals surface area (Å²) in [5, 5.41) is 11.1. The Kier molecular flexibility index (Phi) is 8.54. The van der Waals surface area contributed by atoms with E-state index in [1.165, 1.54) is 118 Å². The molecule has 15 aromatic rings. The Balaban J connectivity index is 0.797. The number of hydrogen-bond donors (Lipinski definition) is 0. The molecule has 0 N–H and O–H groups in total. The van der Waals surface area contributed by atoms with E-state index in [2.05, 4.69) is 228 Å². The molecule has 10 aromatic carbocycles. The van der Waals surface area contributed by atoms with Crippen LogP contribution in [0.5, 0.6) is 0 Å². The molecule has 0 radical (unpaired) electrons. The van der Waals surface area contributed by atoms with E-state index >= 15 is 0 Å². The molecule has 0 bridgehead atoms. The number of fused-ring (bicyclic) bond motifs is 12. The Labute approximate surface area is 408 Å². The second-order valence-corrected chi connectivity index (χ2v) is 20.7. The van der Waals surface area contributed by atoms with Crippen molar-refractivity contribution in [2.45, 2.75) is 0 Å². The van der Waals surface area contributed by atoms with Crippen LogP contribution in [0.2, 0.25) is 0 Å². The summed E-state index contributed by atoms with van der Waals surface area (Å²) in [6, 6.07) is 79.9. The molecule has 0 atom stereocenters. The molecule has 4 nitrogen and oxygen atoms in total. The molecule has 0 saturated carbocycles. The van der Waals surface area contributed by atoms with Crippen molar-refractivity contribution in [1.82, 2.24) is 18.5 Å². The zero-order valence-electron chi connectivity index (χ0n) is 36.8. The Hall–Kier alpha value is -8.20. The van der Waals surface area contributed by atoms with Gasteiger partial charge in [0, 0.05) is 84.4 Å². The van der Waals surface area contributed by atoms with E-state index < -0.39 is 0 Å². The summed E-state index contributed by atoms with van der Waals surface area (Å²) in [6.45, 7) is 0. The van der Waals surface area contributed by atoms with Crippen LogP contribution in [0.1, 0.15) is 0 Å². The SMILES string of the molecule is c1cc(-c2nsc(-c3cccc(-n4c5ccccc5c5ccc(-c6ccc7c(c6)sc6ccccc67)cc54)c3)n2)cc(-n2c3ccccc3c3ccc(-c4ccc5c(c4)sc4ccccc45)cc32)c1. The quantitative estimate of drug-likeness (QED) is 0.167. The van der Waals surface area contributed by atoms with Crippen molar-refractivity contribution in [1.29, 1.82) is 0 Å². The maximum atomic E-state index is 5.22. The zero-order valence-corrected chi connectivity index (χ0v) is 39.2. The van der Waals surface area contributed by atoms with Crippen LogP contribution in [-0.4, -0.2) is 18.5 Å². The largest absolute Gasteiger partial charge is 0.309 e. The van der Waals surface area contributed by atoms with Crippen LogP contribution in [0.3, 0.4) is 0 Å². The molecule has 5 aromatic heterocycles. The van der Waals surface area contributed by atoms with Gasteiger partial charge in [-0.3, -0.25) is 0 Å². The summed E-state index contributed by atoms with van der Waals surface area (Å²) in [5.41, 5.74) is 13.7. The minimum atomic E-state index is 0.720. The van der Waals surface area contributed by atoms with Gasteiger partial charge in [-0.15, -0.1) is 22.7 Å². The maximum absolute atomic E-state index is 5.22. The minimum Gasteiger partial charge on any atom is -0.309 e. The molecule has 0 spiro atoms. The fourth-order valence-corrected chi connectivity index (χ4v) is 13.7. The molecule has 0 unspecified atom stereocenters. The first kappa shape index (κ1) is 38.9. The van der Waals surface area contributed by atoms with E-state index in [1.54, 1.807) is 0 Å². The summed E-state index contributed by atoms with van der Waals surface area (Å²) >= 11 is 5.17. The van der Waals surface area contributed by atoms with Gasteiger partial charge in [0.05, 0.1) is 22.1 Å². The Morgan fingerprint density at radius 2 is 0.710 bits per heavy atom. The number of para-hydroxylation sites is 2. The van der Waals surface area contributed by atoms with E-state index in [4.69, 9.17) is 9.36 Å². The fraction of sp³-hybridized carbons (Fsp3) is 0. The van der Waals surface area contributed by atoms with Gasteiger partial charge in [-0.2, -0.15) is 4.37 Å². The van der Waals surface area contributed by atoms with Crippen molar-refractivity contribution in [2.75, 3.05) is 0 Å². The van der Waals surface area contributed by atoms with Crippen LogP contribution in [0.15, 0.2) is 218 Å². The highest BCUT2D eigenvalue weighted by molar-refractivity contribution is 7.26. The maximum Gasteiger partial charge on any atom is 0.173 e. The van der Waals surface area contributed by atoms with Crippen LogP contribution in [0.25, 0.3) is 140 Å². The van der Waals surface area contributed by atoms with Gasteiger partial charge < -0.3 is 9.13 Å². The van der Waals surface area contributed by atoms with Crippen LogP contribution in [-0.2, 0) is 0 Å². The predicted octanol–water partition coefficient (Wildman–Crippen LogP) is 18.1. The standard InChI is InChI=1S/C62H36N4S3/c1-5-19-53-45(15-1)47-27-23-37(39-25-29-51-49-17-3-7-21-57(49)67-59(51)35-39)33-55(47)65(53)43-13-9-11-41(31-43)61-63-62(69-64-61)42-12-10-14-44(32-42)66-54-20-6-2-16-46(54)48-28-24-38(34-56(48)66)40-26-30-52-50-18-4-8-22-58(50)68-60(52)36-40/h1-36H. The van der Waals surface area contributed by atoms with Gasteiger partial charge in [0.2, 0.25) is 0 Å². The predicted molar refractivity (Wildman–Crippen MR) is 296 cm³/mol. The Morgan fingerprint density at radius 1 is 0.290 bits per heavy atom. The van der Waals surface area contributed by atoms with E-state index in [1.807, 2.05) is 22.7 Å². The van der Waals surface area contributed by atoms with Crippen LogP contribution >= 0.6 is 34.2 Å². The fourth-order valence-electron chi connectivity index (χ4n) is 10.7. The number of rotatable bonds is 6. The van der Waals surface area contributed by atoms with Gasteiger partial charge in [-0.1, -0.05) is 146 Å². The van der Waals surface area contributed by atoms with Crippen LogP contribution < -0.4 is 0 Å². The normalized spacial score (nSPS) is 12.1. The number of thiophene rings is 2. The Morgan fingerprint density at radius 3 is 1.26 bits per heavy atom. The highest BCUT2D eigenvalue weighted by Gasteiger charge is 2.19. The third-order valence-electron chi connectivity index (χ3n) is 13.9. The van der Waals surface area contributed by atoms with Crippen molar-refractivity contribution in [2.24, 2.45) is 0 Å². The number of nitrogens with zero attached hydrogens (tertiary/aromatic N) is 4. The summed E-state index contributed by atoms with van der Waals surface area (Å²) in [6.07, 6.45) is 0. The molecule has 69 heavy (non-hydrogen) atoms. The monoisotopic (exact) mass is 932 g/mol. The van der Waals surface area contributed by atoms with Gasteiger partial charge in [-0.05, 0) is 107 Å². The third kappa shape index (κ3) is 6.11. The first-order valence-corrected chi connectivity index (χ1v) is 25.5. The van der Waals surface area contributed by atoms with Crippen molar-refractivity contribution in [3.8, 4) is 55.6 Å². The zero-order chi connectivity index (χ0) is 45.2.